The van der Waals surface area contributed by atoms with Crippen LogP contribution < -0.4 is 20.9 Å². The summed E-state index contributed by atoms with van der Waals surface area (Å²) in [5.74, 6) is -0.919. The van der Waals surface area contributed by atoms with Gasteiger partial charge in [0.25, 0.3) is 0 Å². The molecular formula is C24H12O4. The molecule has 0 amide bonds. The molecule has 132 valence electrons. The fourth-order valence-corrected chi connectivity index (χ4v) is 2.40. The number of ether oxygens (including phenoxy) is 2. The normalized spacial score (nSPS) is 10.1. The summed E-state index contributed by atoms with van der Waals surface area (Å²) < 4.78 is 9.46. The second kappa shape index (κ2) is 8.33. The van der Waals surface area contributed by atoms with Crippen LogP contribution in [0.2, 0.25) is 0 Å². The number of hydrogen-bond acceptors (Lipinski definition) is 4. The molecule has 0 spiro atoms. The van der Waals surface area contributed by atoms with E-state index in [1.54, 1.807) is 36.4 Å². The molecule has 0 heterocycles. The van der Waals surface area contributed by atoms with E-state index < -0.39 is 11.9 Å². The van der Waals surface area contributed by atoms with Crippen molar-refractivity contribution in [1.29, 1.82) is 0 Å². The second-order valence-electron chi connectivity index (χ2n) is 5.50. The summed E-state index contributed by atoms with van der Waals surface area (Å²) >= 11 is 0. The molecule has 0 fully saturated rings. The minimum atomic E-state index is -0.459. The van der Waals surface area contributed by atoms with Gasteiger partial charge in [0.2, 0.25) is 0 Å². The average molecular weight is 364 g/mol. The third kappa shape index (κ3) is 4.05. The zero-order valence-corrected chi connectivity index (χ0v) is 15.1. The van der Waals surface area contributed by atoms with Crippen LogP contribution in [-0.4, -0.2) is 26.2 Å². The van der Waals surface area contributed by atoms with Gasteiger partial charge in [0, 0.05) is 20.9 Å². The number of esters is 2. The number of fused-ring (bicyclic) bond motifs is 2. The molecule has 0 unspecified atom stereocenters. The third-order valence-electron chi connectivity index (χ3n) is 3.80. The van der Waals surface area contributed by atoms with Crippen LogP contribution in [0.4, 0.5) is 0 Å². The summed E-state index contributed by atoms with van der Waals surface area (Å²) in [7, 11) is 2.63. The van der Waals surface area contributed by atoms with Gasteiger partial charge in [-0.2, -0.15) is 0 Å². The van der Waals surface area contributed by atoms with Crippen LogP contribution in [0.5, 0.6) is 0 Å². The van der Waals surface area contributed by atoms with E-state index in [4.69, 9.17) is 9.47 Å². The van der Waals surface area contributed by atoms with Gasteiger partial charge in [0.1, 0.15) is 0 Å². The molecule has 4 nitrogen and oxygen atoms in total. The molecule has 2 aromatic rings. The van der Waals surface area contributed by atoms with Crippen molar-refractivity contribution in [3.63, 3.8) is 0 Å². The first-order valence-corrected chi connectivity index (χ1v) is 8.11. The highest BCUT2D eigenvalue weighted by atomic mass is 16.5. The van der Waals surface area contributed by atoms with Gasteiger partial charge in [-0.05, 0) is 59.3 Å². The van der Waals surface area contributed by atoms with Crippen LogP contribution in [0.1, 0.15) is 20.7 Å². The highest BCUT2D eigenvalue weighted by Crippen LogP contribution is 1.95. The highest BCUT2D eigenvalue weighted by Gasteiger charge is 2.04. The van der Waals surface area contributed by atoms with Crippen molar-refractivity contribution < 1.29 is 19.1 Å². The van der Waals surface area contributed by atoms with E-state index in [1.165, 1.54) is 14.2 Å². The lowest BCUT2D eigenvalue weighted by Crippen LogP contribution is -2.24. The predicted molar refractivity (Wildman–Crippen MR) is 102 cm³/mol. The predicted octanol–water partition coefficient (Wildman–Crippen LogP) is 0.224. The summed E-state index contributed by atoms with van der Waals surface area (Å²) in [5, 5.41) is 2.38. The van der Waals surface area contributed by atoms with E-state index in [9.17, 15) is 9.59 Å². The molecule has 28 heavy (non-hydrogen) atoms. The summed E-state index contributed by atoms with van der Waals surface area (Å²) in [5.41, 5.74) is 23.5. The minimum Gasteiger partial charge on any atom is -0.465 e. The maximum atomic E-state index is 11.7. The van der Waals surface area contributed by atoms with Crippen molar-refractivity contribution in [2.45, 2.75) is 0 Å². The number of hydrogen-bond donors (Lipinski definition) is 0. The molecule has 0 N–H and O–H groups in total. The Morgan fingerprint density at radius 3 is 1.32 bits per heavy atom. The quantitative estimate of drug-likeness (QED) is 0.482. The van der Waals surface area contributed by atoms with Gasteiger partial charge < -0.3 is 9.47 Å². The first-order chi connectivity index (χ1) is 13.6. The zero-order valence-electron chi connectivity index (χ0n) is 15.1. The summed E-state index contributed by atoms with van der Waals surface area (Å²) in [6.45, 7) is 0. The maximum absolute atomic E-state index is 11.7. The lowest BCUT2D eigenvalue weighted by atomic mass is 10.1. The number of carbonyl (C=O) groups excluding carboxylic acids is 2. The van der Waals surface area contributed by atoms with E-state index in [0.29, 0.717) is 32.0 Å². The molecular weight excluding hydrogens is 352 g/mol. The molecule has 0 aliphatic heterocycles. The second-order valence-corrected chi connectivity index (χ2v) is 5.50. The first kappa shape index (κ1) is 18.4. The molecule has 0 aromatic heterocycles. The van der Waals surface area contributed by atoms with Crippen LogP contribution in [0.15, 0.2) is 59.3 Å². The van der Waals surface area contributed by atoms with Crippen molar-refractivity contribution in [2.75, 3.05) is 14.2 Å². The molecule has 1 aliphatic carbocycles. The van der Waals surface area contributed by atoms with E-state index >= 15 is 0 Å². The lowest BCUT2D eigenvalue weighted by molar-refractivity contribution is 0.0591. The fourth-order valence-electron chi connectivity index (χ4n) is 2.40. The van der Waals surface area contributed by atoms with E-state index in [-0.39, 0.29) is 0 Å². The third-order valence-corrected chi connectivity index (χ3v) is 3.80. The van der Waals surface area contributed by atoms with Crippen molar-refractivity contribution in [3.05, 3.63) is 91.3 Å². The average Bonchev–Trinajstić information content (AvgIpc) is 2.73. The topological polar surface area (TPSA) is 52.6 Å². The van der Waals surface area contributed by atoms with Crippen molar-refractivity contribution >= 4 is 34.9 Å². The van der Waals surface area contributed by atoms with Gasteiger partial charge in [0.05, 0.1) is 25.3 Å². The number of rotatable bonds is 2. The van der Waals surface area contributed by atoms with Crippen molar-refractivity contribution in [1.82, 2.24) is 0 Å². The molecule has 0 saturated carbocycles. The fraction of sp³-hybridized carbons (Fsp3) is 0.0833. The highest BCUT2D eigenvalue weighted by molar-refractivity contribution is 5.89. The number of benzene rings is 2. The minimum absolute atomic E-state index is 0.372. The van der Waals surface area contributed by atoms with Gasteiger partial charge >= 0.3 is 11.9 Å². The van der Waals surface area contributed by atoms with Gasteiger partial charge in [-0.1, -0.05) is 22.9 Å². The molecule has 3 rings (SSSR count). The van der Waals surface area contributed by atoms with Crippen LogP contribution in [0.3, 0.4) is 0 Å². The molecule has 2 aromatic carbocycles. The monoisotopic (exact) mass is 364 g/mol. The van der Waals surface area contributed by atoms with Gasteiger partial charge in [-0.3, -0.25) is 0 Å². The zero-order chi connectivity index (χ0) is 19.9. The lowest BCUT2D eigenvalue weighted by Gasteiger charge is -1.97. The smallest absolute Gasteiger partial charge is 0.337 e. The van der Waals surface area contributed by atoms with Crippen LogP contribution >= 0.6 is 0 Å². The van der Waals surface area contributed by atoms with Crippen LogP contribution in [0, 0.1) is 0 Å². The summed E-state index contributed by atoms with van der Waals surface area (Å²) in [6, 6.07) is 9.84. The Balaban J connectivity index is 2.49. The van der Waals surface area contributed by atoms with Gasteiger partial charge in [-0.15, -0.1) is 0 Å². The maximum Gasteiger partial charge on any atom is 0.337 e. The SMILES string of the molecule is COC(=O)c1ccc2c(c1)=C=C=C=C=c1cc(C(=O)OC)ccc1=C=C=C=C=2. The first-order valence-electron chi connectivity index (χ1n) is 8.11. The number of methoxy groups -OCH3 is 2. The summed E-state index contributed by atoms with van der Waals surface area (Å²) in [4.78, 5) is 23.5. The van der Waals surface area contributed by atoms with Crippen LogP contribution in [0.25, 0.3) is 22.9 Å². The molecule has 0 atom stereocenters. The Labute approximate surface area is 160 Å². The van der Waals surface area contributed by atoms with E-state index in [1.807, 2.05) is 0 Å². The van der Waals surface area contributed by atoms with Gasteiger partial charge in [-0.25, -0.2) is 9.59 Å². The van der Waals surface area contributed by atoms with Crippen molar-refractivity contribution in [3.8, 4) is 0 Å². The van der Waals surface area contributed by atoms with Crippen molar-refractivity contribution in [2.24, 2.45) is 0 Å². The van der Waals surface area contributed by atoms with E-state index in [0.717, 1.165) is 0 Å². The molecule has 0 radical (unpaired) electrons. The summed E-state index contributed by atoms with van der Waals surface area (Å²) in [6.07, 6.45) is 0. The molecule has 0 saturated heterocycles. The Bertz CT molecular complexity index is 1380. The van der Waals surface area contributed by atoms with Gasteiger partial charge in [0.15, 0.2) is 0 Å². The molecule has 0 bridgehead atoms. The Hall–Kier alpha value is -4.38. The standard InChI is InChI=1S/C24H12O4/c1-27-23(25)21-13-11-17-7-3-4-8-18-12-14-22(24(26)28-2)16-20(18)10-6-5-9-19(17)15-21/h11-16H,1-2H3. The molecule has 1 aliphatic rings. The Kier molecular flexibility index (Phi) is 5.48. The molecule has 4 heteroatoms. The Morgan fingerprint density at radius 1 is 0.607 bits per heavy atom. The van der Waals surface area contributed by atoms with E-state index in [2.05, 4.69) is 45.8 Å². The Morgan fingerprint density at radius 2 is 0.964 bits per heavy atom. The number of carbonyl (C=O) groups is 2. The van der Waals surface area contributed by atoms with Crippen LogP contribution in [-0.2, 0) is 9.47 Å². The largest absolute Gasteiger partial charge is 0.465 e.